The van der Waals surface area contributed by atoms with Gasteiger partial charge < -0.3 is 14.6 Å². The summed E-state index contributed by atoms with van der Waals surface area (Å²) in [6.07, 6.45) is 2.07. The van der Waals surface area contributed by atoms with Crippen LogP contribution in [0.3, 0.4) is 0 Å². The van der Waals surface area contributed by atoms with E-state index >= 15 is 0 Å². The van der Waals surface area contributed by atoms with E-state index in [0.717, 1.165) is 0 Å². The van der Waals surface area contributed by atoms with Crippen molar-refractivity contribution in [1.29, 1.82) is 0 Å². The van der Waals surface area contributed by atoms with Gasteiger partial charge in [-0.1, -0.05) is 0 Å². The van der Waals surface area contributed by atoms with Crippen LogP contribution in [0.1, 0.15) is 0 Å². The Bertz CT molecular complexity index is 92.4. The minimum Gasteiger partial charge on any atom is -0.394 e. The van der Waals surface area contributed by atoms with Crippen LogP contribution in [-0.2, 0) is 14.6 Å². The van der Waals surface area contributed by atoms with Gasteiger partial charge in [0.05, 0.1) is 33.0 Å². The molecular weight excluding hydrogens is 148 g/mol. The SMILES string of the molecule is [O]/C=C/COCCOCCO. The lowest BCUT2D eigenvalue weighted by Gasteiger charge is -2.00. The lowest BCUT2D eigenvalue weighted by molar-refractivity contribution is 0.0408. The predicted molar refractivity (Wildman–Crippen MR) is 38.6 cm³/mol. The topological polar surface area (TPSA) is 58.6 Å². The van der Waals surface area contributed by atoms with Gasteiger partial charge in [-0.2, -0.15) is 0 Å². The van der Waals surface area contributed by atoms with E-state index in [-0.39, 0.29) is 6.61 Å². The summed E-state index contributed by atoms with van der Waals surface area (Å²) in [4.78, 5) is 0. The lowest BCUT2D eigenvalue weighted by atomic mass is 10.6. The zero-order valence-electron chi connectivity index (χ0n) is 6.36. The fourth-order valence-corrected chi connectivity index (χ4v) is 0.475. The number of hydrogen-bond acceptors (Lipinski definition) is 3. The number of rotatable bonds is 7. The first-order valence-electron chi connectivity index (χ1n) is 3.45. The molecule has 1 radical (unpaired) electrons. The Hall–Kier alpha value is -0.580. The van der Waals surface area contributed by atoms with E-state index in [0.29, 0.717) is 32.7 Å². The van der Waals surface area contributed by atoms with E-state index in [9.17, 15) is 5.11 Å². The second-order valence-corrected chi connectivity index (χ2v) is 1.78. The molecular formula is C7H13O4. The number of aliphatic hydroxyl groups is 1. The standard InChI is InChI=1S/C7H13O4/c8-2-1-4-10-6-7-11-5-3-9/h1-2,9H,3-7H2/b2-1+. The fraction of sp³-hybridized carbons (Fsp3) is 0.714. The first-order chi connectivity index (χ1) is 5.41. The Morgan fingerprint density at radius 2 is 1.91 bits per heavy atom. The zero-order valence-corrected chi connectivity index (χ0v) is 6.36. The molecule has 0 aliphatic carbocycles. The molecule has 0 aliphatic rings. The van der Waals surface area contributed by atoms with E-state index in [4.69, 9.17) is 14.6 Å². The molecule has 0 saturated carbocycles. The molecule has 0 atom stereocenters. The lowest BCUT2D eigenvalue weighted by Crippen LogP contribution is -2.07. The van der Waals surface area contributed by atoms with Crippen LogP contribution in [0.4, 0.5) is 0 Å². The molecule has 65 valence electrons. The molecule has 0 aromatic carbocycles. The molecule has 0 aromatic heterocycles. The predicted octanol–water partition coefficient (Wildman–Crippen LogP) is -0.0439. The van der Waals surface area contributed by atoms with Gasteiger partial charge in [0.2, 0.25) is 0 Å². The first kappa shape index (κ1) is 10.4. The van der Waals surface area contributed by atoms with Gasteiger partial charge in [0.15, 0.2) is 0 Å². The molecule has 0 spiro atoms. The molecule has 0 saturated heterocycles. The highest BCUT2D eigenvalue weighted by atomic mass is 16.5. The summed E-state index contributed by atoms with van der Waals surface area (Å²) in [5, 5.41) is 18.0. The van der Waals surface area contributed by atoms with Crippen molar-refractivity contribution in [2.24, 2.45) is 0 Å². The third-order valence-corrected chi connectivity index (χ3v) is 0.918. The second-order valence-electron chi connectivity index (χ2n) is 1.78. The molecule has 0 rings (SSSR count). The summed E-state index contributed by atoms with van der Waals surface area (Å²) in [5.41, 5.74) is 0. The summed E-state index contributed by atoms with van der Waals surface area (Å²) in [6, 6.07) is 0. The molecule has 4 nitrogen and oxygen atoms in total. The normalized spacial score (nSPS) is 11.0. The Kier molecular flexibility index (Phi) is 8.92. The molecule has 0 fully saturated rings. The molecule has 4 heteroatoms. The van der Waals surface area contributed by atoms with Crippen LogP contribution in [-0.4, -0.2) is 38.1 Å². The van der Waals surface area contributed by atoms with Crippen LogP contribution in [0.15, 0.2) is 12.3 Å². The fourth-order valence-electron chi connectivity index (χ4n) is 0.475. The average molecular weight is 161 g/mol. The van der Waals surface area contributed by atoms with Gasteiger partial charge in [-0.15, -0.1) is 0 Å². The molecule has 0 aliphatic heterocycles. The van der Waals surface area contributed by atoms with Gasteiger partial charge in [0, 0.05) is 0 Å². The highest BCUT2D eigenvalue weighted by Gasteiger charge is 1.86. The maximum Gasteiger partial charge on any atom is 0.141 e. The van der Waals surface area contributed by atoms with Gasteiger partial charge in [-0.25, -0.2) is 0 Å². The van der Waals surface area contributed by atoms with Crippen molar-refractivity contribution >= 4 is 0 Å². The van der Waals surface area contributed by atoms with Gasteiger partial charge in [-0.3, -0.25) is 5.11 Å². The van der Waals surface area contributed by atoms with Crippen molar-refractivity contribution in [3.63, 3.8) is 0 Å². The van der Waals surface area contributed by atoms with E-state index in [1.807, 2.05) is 0 Å². The molecule has 11 heavy (non-hydrogen) atoms. The molecule has 0 amide bonds. The molecule has 1 N–H and O–H groups in total. The van der Waals surface area contributed by atoms with Crippen molar-refractivity contribution in [2.45, 2.75) is 0 Å². The largest absolute Gasteiger partial charge is 0.394 e. The van der Waals surface area contributed by atoms with Gasteiger partial charge in [-0.05, 0) is 6.08 Å². The van der Waals surface area contributed by atoms with Crippen LogP contribution >= 0.6 is 0 Å². The van der Waals surface area contributed by atoms with Gasteiger partial charge >= 0.3 is 0 Å². The third-order valence-electron chi connectivity index (χ3n) is 0.918. The number of aliphatic hydroxyl groups excluding tert-OH is 1. The minimum atomic E-state index is 0.0282. The average Bonchev–Trinajstić information content (AvgIpc) is 2.03. The second kappa shape index (κ2) is 9.42. The summed E-state index contributed by atoms with van der Waals surface area (Å²) in [5.74, 6) is 0. The maximum atomic E-state index is 9.74. The van der Waals surface area contributed by atoms with Crippen LogP contribution in [0.5, 0.6) is 0 Å². The van der Waals surface area contributed by atoms with Crippen molar-refractivity contribution < 1.29 is 19.7 Å². The molecule has 0 bridgehead atoms. The Morgan fingerprint density at radius 3 is 2.55 bits per heavy atom. The number of ether oxygens (including phenoxy) is 2. The number of hydrogen-bond donors (Lipinski definition) is 1. The van der Waals surface area contributed by atoms with Crippen molar-refractivity contribution in [2.75, 3.05) is 33.0 Å². The zero-order chi connectivity index (χ0) is 8.36. The van der Waals surface area contributed by atoms with E-state index < -0.39 is 0 Å². The van der Waals surface area contributed by atoms with Crippen molar-refractivity contribution in [3.05, 3.63) is 12.3 Å². The first-order valence-corrected chi connectivity index (χ1v) is 3.45. The summed E-state index contributed by atoms with van der Waals surface area (Å²) < 4.78 is 9.81. The maximum absolute atomic E-state index is 9.74. The minimum absolute atomic E-state index is 0.0282. The van der Waals surface area contributed by atoms with E-state index in [2.05, 4.69) is 0 Å². The Labute approximate surface area is 66.1 Å². The van der Waals surface area contributed by atoms with Gasteiger partial charge in [0.25, 0.3) is 0 Å². The summed E-state index contributed by atoms with van der Waals surface area (Å²) >= 11 is 0. The van der Waals surface area contributed by atoms with Crippen LogP contribution < -0.4 is 0 Å². The summed E-state index contributed by atoms with van der Waals surface area (Å²) in [6.45, 7) is 1.59. The monoisotopic (exact) mass is 161 g/mol. The molecule has 0 heterocycles. The third kappa shape index (κ3) is 9.42. The quantitative estimate of drug-likeness (QED) is 0.421. The smallest absolute Gasteiger partial charge is 0.141 e. The Morgan fingerprint density at radius 1 is 1.18 bits per heavy atom. The van der Waals surface area contributed by atoms with E-state index in [1.165, 1.54) is 6.08 Å². The van der Waals surface area contributed by atoms with Crippen LogP contribution in [0, 0.1) is 0 Å². The highest BCUT2D eigenvalue weighted by molar-refractivity contribution is 4.69. The van der Waals surface area contributed by atoms with Crippen LogP contribution in [0.25, 0.3) is 0 Å². The van der Waals surface area contributed by atoms with Crippen molar-refractivity contribution in [3.8, 4) is 0 Å². The molecule has 0 unspecified atom stereocenters. The van der Waals surface area contributed by atoms with Gasteiger partial charge in [0.1, 0.15) is 6.26 Å². The van der Waals surface area contributed by atoms with Crippen molar-refractivity contribution in [1.82, 2.24) is 0 Å². The summed E-state index contributed by atoms with van der Waals surface area (Å²) in [7, 11) is 0. The Balaban J connectivity index is 2.79. The van der Waals surface area contributed by atoms with Crippen LogP contribution in [0.2, 0.25) is 0 Å². The van der Waals surface area contributed by atoms with E-state index in [1.54, 1.807) is 0 Å². The highest BCUT2D eigenvalue weighted by Crippen LogP contribution is 1.79. The molecule has 0 aromatic rings.